The van der Waals surface area contributed by atoms with Crippen LogP contribution in [0.25, 0.3) is 0 Å². The van der Waals surface area contributed by atoms with E-state index in [1.165, 1.54) is 24.3 Å². The third kappa shape index (κ3) is 3.74. The minimum Gasteiger partial charge on any atom is -0.456 e. The van der Waals surface area contributed by atoms with Crippen molar-refractivity contribution < 1.29 is 22.3 Å². The van der Waals surface area contributed by atoms with Gasteiger partial charge in [-0.15, -0.1) is 0 Å². The number of benzene rings is 2. The van der Waals surface area contributed by atoms with E-state index in [4.69, 9.17) is 10.5 Å². The first-order valence-corrected chi connectivity index (χ1v) is 6.63. The predicted octanol–water partition coefficient (Wildman–Crippen LogP) is 4.86. The predicted molar refractivity (Wildman–Crippen MR) is 73.5 cm³/mol. The van der Waals surface area contributed by atoms with Gasteiger partial charge in [0.05, 0.1) is 10.0 Å². The van der Waals surface area contributed by atoms with Gasteiger partial charge in [-0.1, -0.05) is 0 Å². The van der Waals surface area contributed by atoms with Gasteiger partial charge >= 0.3 is 6.18 Å². The molecule has 0 amide bonds. The molecule has 112 valence electrons. The number of nitrogens with two attached hydrogens (primary N) is 1. The Kier molecular flexibility index (Phi) is 4.53. The van der Waals surface area contributed by atoms with E-state index in [1.807, 2.05) is 0 Å². The average molecular weight is 364 g/mol. The Morgan fingerprint density at radius 1 is 1.10 bits per heavy atom. The SMILES string of the molecule is NCc1cc(Oc2cc(F)ccc2Br)ccc1C(F)(F)F. The van der Waals surface area contributed by atoms with Gasteiger partial charge in [-0.2, -0.15) is 13.2 Å². The first kappa shape index (κ1) is 15.8. The molecule has 0 saturated carbocycles. The van der Waals surface area contributed by atoms with Crippen LogP contribution < -0.4 is 10.5 Å². The Hall–Kier alpha value is -1.60. The molecule has 0 unspecified atom stereocenters. The first-order chi connectivity index (χ1) is 9.81. The number of ether oxygens (including phenoxy) is 1. The lowest BCUT2D eigenvalue weighted by Gasteiger charge is -2.14. The summed E-state index contributed by atoms with van der Waals surface area (Å²) < 4.78 is 57.3. The van der Waals surface area contributed by atoms with Crippen LogP contribution >= 0.6 is 15.9 Å². The van der Waals surface area contributed by atoms with Crippen molar-refractivity contribution in [1.29, 1.82) is 0 Å². The van der Waals surface area contributed by atoms with Crippen molar-refractivity contribution in [2.24, 2.45) is 5.73 Å². The van der Waals surface area contributed by atoms with Crippen LogP contribution in [-0.2, 0) is 12.7 Å². The van der Waals surface area contributed by atoms with Crippen molar-refractivity contribution >= 4 is 15.9 Å². The van der Waals surface area contributed by atoms with E-state index >= 15 is 0 Å². The van der Waals surface area contributed by atoms with Crippen LogP contribution in [0.4, 0.5) is 17.6 Å². The summed E-state index contributed by atoms with van der Waals surface area (Å²) in [6.45, 7) is -0.281. The summed E-state index contributed by atoms with van der Waals surface area (Å²) in [5.74, 6) is -0.202. The summed E-state index contributed by atoms with van der Waals surface area (Å²) in [5, 5.41) is 0. The number of halogens is 5. The average Bonchev–Trinajstić information content (AvgIpc) is 2.41. The summed E-state index contributed by atoms with van der Waals surface area (Å²) in [4.78, 5) is 0. The smallest absolute Gasteiger partial charge is 0.416 e. The van der Waals surface area contributed by atoms with Gasteiger partial charge in [0.1, 0.15) is 17.3 Å². The quantitative estimate of drug-likeness (QED) is 0.790. The molecule has 0 saturated heterocycles. The Labute approximate surface area is 126 Å². The van der Waals surface area contributed by atoms with Crippen molar-refractivity contribution in [3.63, 3.8) is 0 Å². The minimum absolute atomic E-state index is 0.0903. The number of rotatable bonds is 3. The topological polar surface area (TPSA) is 35.2 Å². The van der Waals surface area contributed by atoms with Crippen molar-refractivity contribution in [3.05, 3.63) is 57.8 Å². The summed E-state index contributed by atoms with van der Waals surface area (Å²) >= 11 is 3.17. The molecule has 0 aliphatic carbocycles. The highest BCUT2D eigenvalue weighted by molar-refractivity contribution is 9.10. The van der Waals surface area contributed by atoms with E-state index in [0.29, 0.717) is 4.47 Å². The van der Waals surface area contributed by atoms with Crippen molar-refractivity contribution in [3.8, 4) is 11.5 Å². The van der Waals surface area contributed by atoms with Crippen LogP contribution in [0.15, 0.2) is 40.9 Å². The van der Waals surface area contributed by atoms with E-state index in [0.717, 1.165) is 12.1 Å². The van der Waals surface area contributed by atoms with Crippen LogP contribution in [0.3, 0.4) is 0 Å². The number of hydrogen-bond donors (Lipinski definition) is 1. The Morgan fingerprint density at radius 3 is 2.43 bits per heavy atom. The zero-order valence-corrected chi connectivity index (χ0v) is 12.1. The molecule has 0 fully saturated rings. The van der Waals surface area contributed by atoms with E-state index in [-0.39, 0.29) is 23.6 Å². The highest BCUT2D eigenvalue weighted by Crippen LogP contribution is 2.36. The van der Waals surface area contributed by atoms with Gasteiger partial charge in [-0.05, 0) is 51.8 Å². The largest absolute Gasteiger partial charge is 0.456 e. The molecule has 0 radical (unpaired) electrons. The Balaban J connectivity index is 2.36. The zero-order valence-electron chi connectivity index (χ0n) is 10.5. The van der Waals surface area contributed by atoms with Gasteiger partial charge in [0, 0.05) is 12.6 Å². The first-order valence-electron chi connectivity index (χ1n) is 5.84. The van der Waals surface area contributed by atoms with E-state index in [1.54, 1.807) is 0 Å². The molecular formula is C14H10BrF4NO. The molecule has 0 aliphatic rings. The lowest BCUT2D eigenvalue weighted by Crippen LogP contribution is -2.11. The standard InChI is InChI=1S/C14H10BrF4NO/c15-12-4-1-9(16)6-13(12)21-10-2-3-11(14(17,18)19)8(5-10)7-20/h1-6H,7,20H2. The monoisotopic (exact) mass is 363 g/mol. The number of hydrogen-bond acceptors (Lipinski definition) is 2. The summed E-state index contributed by atoms with van der Waals surface area (Å²) in [5.41, 5.74) is 4.44. The molecule has 2 nitrogen and oxygen atoms in total. The fraction of sp³-hybridized carbons (Fsp3) is 0.143. The maximum Gasteiger partial charge on any atom is 0.416 e. The van der Waals surface area contributed by atoms with Crippen LogP contribution in [0, 0.1) is 5.82 Å². The van der Waals surface area contributed by atoms with Gasteiger partial charge in [-0.25, -0.2) is 4.39 Å². The second kappa shape index (κ2) is 6.03. The molecule has 0 heterocycles. The molecule has 0 aliphatic heterocycles. The molecule has 0 bridgehead atoms. The van der Waals surface area contributed by atoms with Crippen LogP contribution in [0.5, 0.6) is 11.5 Å². The second-order valence-electron chi connectivity index (χ2n) is 4.20. The number of alkyl halides is 3. The molecule has 2 rings (SSSR count). The molecule has 2 aromatic carbocycles. The van der Waals surface area contributed by atoms with Gasteiger partial charge in [0.15, 0.2) is 0 Å². The molecule has 2 aromatic rings. The van der Waals surface area contributed by atoms with Crippen molar-refractivity contribution in [2.45, 2.75) is 12.7 Å². The van der Waals surface area contributed by atoms with Gasteiger partial charge < -0.3 is 10.5 Å². The summed E-state index contributed by atoms with van der Waals surface area (Å²) in [6.07, 6.45) is -4.48. The van der Waals surface area contributed by atoms with E-state index < -0.39 is 17.6 Å². The molecule has 21 heavy (non-hydrogen) atoms. The maximum absolute atomic E-state index is 13.1. The summed E-state index contributed by atoms with van der Waals surface area (Å²) in [7, 11) is 0. The fourth-order valence-corrected chi connectivity index (χ4v) is 2.09. The molecule has 2 N–H and O–H groups in total. The second-order valence-corrected chi connectivity index (χ2v) is 5.05. The van der Waals surface area contributed by atoms with Crippen molar-refractivity contribution in [2.75, 3.05) is 0 Å². The summed E-state index contributed by atoms with van der Waals surface area (Å²) in [6, 6.07) is 7.06. The fourth-order valence-electron chi connectivity index (χ4n) is 1.76. The van der Waals surface area contributed by atoms with Gasteiger partial charge in [-0.3, -0.25) is 0 Å². The van der Waals surface area contributed by atoms with Crippen LogP contribution in [-0.4, -0.2) is 0 Å². The van der Waals surface area contributed by atoms with Crippen LogP contribution in [0.1, 0.15) is 11.1 Å². The van der Waals surface area contributed by atoms with Crippen LogP contribution in [0.2, 0.25) is 0 Å². The highest BCUT2D eigenvalue weighted by Gasteiger charge is 2.33. The molecule has 0 aromatic heterocycles. The molecule has 0 spiro atoms. The Bertz CT molecular complexity index is 658. The lowest BCUT2D eigenvalue weighted by molar-refractivity contribution is -0.138. The maximum atomic E-state index is 13.1. The molecule has 0 atom stereocenters. The third-order valence-electron chi connectivity index (χ3n) is 2.72. The molecular weight excluding hydrogens is 354 g/mol. The Morgan fingerprint density at radius 2 is 1.81 bits per heavy atom. The van der Waals surface area contributed by atoms with E-state index in [2.05, 4.69) is 15.9 Å². The van der Waals surface area contributed by atoms with Gasteiger partial charge in [0.25, 0.3) is 0 Å². The van der Waals surface area contributed by atoms with Crippen molar-refractivity contribution in [1.82, 2.24) is 0 Å². The third-order valence-corrected chi connectivity index (χ3v) is 3.38. The molecule has 7 heteroatoms. The normalized spacial score (nSPS) is 11.5. The van der Waals surface area contributed by atoms with Gasteiger partial charge in [0.2, 0.25) is 0 Å². The minimum atomic E-state index is -4.48. The lowest BCUT2D eigenvalue weighted by atomic mass is 10.1. The highest BCUT2D eigenvalue weighted by atomic mass is 79.9. The van der Waals surface area contributed by atoms with E-state index in [9.17, 15) is 17.6 Å². The zero-order chi connectivity index (χ0) is 15.6.